The highest BCUT2D eigenvalue weighted by atomic mass is 32.2. The molecule has 0 aliphatic carbocycles. The maximum atomic E-state index is 12.9. The van der Waals surface area contributed by atoms with Crippen LogP contribution in [-0.4, -0.2) is 40.0 Å². The average molecular weight is 537 g/mol. The van der Waals surface area contributed by atoms with E-state index in [0.29, 0.717) is 24.0 Å². The molecule has 5 rings (SSSR count). The zero-order valence-electron chi connectivity index (χ0n) is 21.1. The minimum absolute atomic E-state index is 0.215. The maximum absolute atomic E-state index is 12.9. The first-order chi connectivity index (χ1) is 19.0. The van der Waals surface area contributed by atoms with Gasteiger partial charge in [-0.15, -0.1) is 11.8 Å². The van der Waals surface area contributed by atoms with E-state index in [2.05, 4.69) is 41.8 Å². The number of benzene rings is 4. The molecule has 4 aromatic rings. The number of carbonyl (C=O) groups excluding carboxylic acids is 3. The van der Waals surface area contributed by atoms with Crippen LogP contribution in [0.1, 0.15) is 45.1 Å². The molecule has 1 aliphatic heterocycles. The van der Waals surface area contributed by atoms with Crippen molar-refractivity contribution in [3.05, 3.63) is 143 Å². The number of aldehydes is 1. The lowest BCUT2D eigenvalue weighted by atomic mass is 9.84. The molecule has 39 heavy (non-hydrogen) atoms. The standard InChI is InChI=1S/C32H28N2O4S/c35-21-23-11-10-12-24(19-23)30(37)31(38)33-34-28(20-29(34)36)22-39-32(25-13-4-1-5-14-25,26-15-6-2-7-16-26)27-17-8-3-9-18-27/h1-19,21,28,30,37H,20,22H2,(H,33,38). The fraction of sp³-hybridized carbons (Fsp3) is 0.156. The van der Waals surface area contributed by atoms with Crippen LogP contribution in [0.3, 0.4) is 0 Å². The lowest BCUT2D eigenvalue weighted by molar-refractivity contribution is -0.158. The second-order valence-electron chi connectivity index (χ2n) is 9.38. The van der Waals surface area contributed by atoms with E-state index in [0.717, 1.165) is 16.7 Å². The minimum Gasteiger partial charge on any atom is -0.378 e. The Hall–Kier alpha value is -4.20. The molecule has 1 fully saturated rings. The van der Waals surface area contributed by atoms with Crippen LogP contribution in [0.4, 0.5) is 0 Å². The summed E-state index contributed by atoms with van der Waals surface area (Å²) in [4.78, 5) is 36.5. The lowest BCUT2D eigenvalue weighted by Gasteiger charge is -2.43. The highest BCUT2D eigenvalue weighted by molar-refractivity contribution is 8.00. The molecule has 196 valence electrons. The molecule has 1 heterocycles. The number of aliphatic hydroxyl groups excluding tert-OH is 1. The van der Waals surface area contributed by atoms with Crippen molar-refractivity contribution in [2.24, 2.45) is 0 Å². The van der Waals surface area contributed by atoms with E-state index in [1.54, 1.807) is 30.0 Å². The van der Waals surface area contributed by atoms with Crippen LogP contribution in [0.5, 0.6) is 0 Å². The summed E-state index contributed by atoms with van der Waals surface area (Å²) in [5.74, 6) is -0.393. The van der Waals surface area contributed by atoms with Crippen LogP contribution in [-0.2, 0) is 14.3 Å². The predicted octanol–water partition coefficient (Wildman–Crippen LogP) is 4.89. The van der Waals surface area contributed by atoms with Gasteiger partial charge in [0.2, 0.25) is 5.91 Å². The number of rotatable bonds is 10. The van der Waals surface area contributed by atoms with Gasteiger partial charge < -0.3 is 5.11 Å². The molecule has 0 radical (unpaired) electrons. The fourth-order valence-electron chi connectivity index (χ4n) is 4.89. The number of carbonyl (C=O) groups is 3. The van der Waals surface area contributed by atoms with E-state index >= 15 is 0 Å². The number of hydrogen-bond donors (Lipinski definition) is 2. The molecule has 2 N–H and O–H groups in total. The summed E-state index contributed by atoms with van der Waals surface area (Å²) in [6, 6.07) is 36.8. The molecule has 6 nitrogen and oxygen atoms in total. The summed E-state index contributed by atoms with van der Waals surface area (Å²) < 4.78 is -0.549. The Labute approximate surface area is 231 Å². The molecule has 0 aromatic heterocycles. The molecule has 1 saturated heterocycles. The third-order valence-electron chi connectivity index (χ3n) is 6.92. The number of nitrogens with zero attached hydrogens (tertiary/aromatic N) is 1. The van der Waals surface area contributed by atoms with E-state index < -0.39 is 16.8 Å². The Bertz CT molecular complexity index is 1350. The Kier molecular flexibility index (Phi) is 7.91. The highest BCUT2D eigenvalue weighted by Crippen LogP contribution is 2.49. The number of hydrogen-bond acceptors (Lipinski definition) is 5. The number of thioether (sulfide) groups is 1. The van der Waals surface area contributed by atoms with E-state index in [9.17, 15) is 19.5 Å². The largest absolute Gasteiger partial charge is 0.378 e. The lowest BCUT2D eigenvalue weighted by Crippen LogP contribution is -2.62. The van der Waals surface area contributed by atoms with Crippen molar-refractivity contribution in [3.8, 4) is 0 Å². The molecule has 0 spiro atoms. The van der Waals surface area contributed by atoms with E-state index in [1.165, 1.54) is 11.1 Å². The Balaban J connectivity index is 1.40. The summed E-state index contributed by atoms with van der Waals surface area (Å²) in [5.41, 5.74) is 6.57. The van der Waals surface area contributed by atoms with Gasteiger partial charge in [-0.3, -0.25) is 19.8 Å². The SMILES string of the molecule is O=Cc1cccc(C(O)C(=O)NN2C(=O)CC2CSC(c2ccccc2)(c2ccccc2)c2ccccc2)c1. The Morgan fingerprint density at radius 3 is 1.92 bits per heavy atom. The van der Waals surface area contributed by atoms with Gasteiger partial charge in [0.15, 0.2) is 6.10 Å². The summed E-state index contributed by atoms with van der Waals surface area (Å²) in [7, 11) is 0. The van der Waals surface area contributed by atoms with E-state index in [1.807, 2.05) is 54.6 Å². The molecule has 4 aromatic carbocycles. The van der Waals surface area contributed by atoms with Gasteiger partial charge in [0, 0.05) is 11.3 Å². The number of hydrazine groups is 1. The first kappa shape index (κ1) is 26.4. The third kappa shape index (κ3) is 5.37. The Morgan fingerprint density at radius 2 is 1.44 bits per heavy atom. The number of β-lactam (4-membered cyclic amide) rings is 1. The molecule has 0 bridgehead atoms. The predicted molar refractivity (Wildman–Crippen MR) is 152 cm³/mol. The van der Waals surface area contributed by atoms with E-state index in [-0.39, 0.29) is 17.5 Å². The van der Waals surface area contributed by atoms with Crippen LogP contribution in [0.25, 0.3) is 0 Å². The van der Waals surface area contributed by atoms with Gasteiger partial charge in [-0.05, 0) is 28.3 Å². The first-order valence-electron chi connectivity index (χ1n) is 12.7. The van der Waals surface area contributed by atoms with Crippen molar-refractivity contribution in [2.75, 3.05) is 5.75 Å². The zero-order chi connectivity index (χ0) is 27.2. The van der Waals surface area contributed by atoms with Crippen molar-refractivity contribution in [1.82, 2.24) is 10.4 Å². The van der Waals surface area contributed by atoms with Crippen LogP contribution in [0.2, 0.25) is 0 Å². The average Bonchev–Trinajstić information content (AvgIpc) is 3.00. The fourth-order valence-corrected chi connectivity index (χ4v) is 6.51. The molecule has 2 amide bonds. The van der Waals surface area contributed by atoms with Gasteiger partial charge >= 0.3 is 0 Å². The Morgan fingerprint density at radius 1 is 0.897 bits per heavy atom. The van der Waals surface area contributed by atoms with Crippen LogP contribution >= 0.6 is 11.8 Å². The maximum Gasteiger partial charge on any atom is 0.272 e. The van der Waals surface area contributed by atoms with Crippen LogP contribution in [0, 0.1) is 0 Å². The number of aliphatic hydroxyl groups is 1. The van der Waals surface area contributed by atoms with E-state index in [4.69, 9.17) is 0 Å². The van der Waals surface area contributed by atoms with Gasteiger partial charge in [0.05, 0.1) is 17.2 Å². The molecule has 7 heteroatoms. The molecule has 2 unspecified atom stereocenters. The first-order valence-corrected chi connectivity index (χ1v) is 13.7. The van der Waals surface area contributed by atoms with Gasteiger partial charge in [0.25, 0.3) is 5.91 Å². The molecular weight excluding hydrogens is 508 g/mol. The van der Waals surface area contributed by atoms with Crippen molar-refractivity contribution in [2.45, 2.75) is 23.3 Å². The van der Waals surface area contributed by atoms with Gasteiger partial charge in [-0.1, -0.05) is 109 Å². The van der Waals surface area contributed by atoms with Crippen molar-refractivity contribution in [1.29, 1.82) is 0 Å². The molecular formula is C32H28N2O4S. The van der Waals surface area contributed by atoms with Gasteiger partial charge in [-0.25, -0.2) is 5.01 Å². The monoisotopic (exact) mass is 536 g/mol. The summed E-state index contributed by atoms with van der Waals surface area (Å²) in [5, 5.41) is 11.9. The second-order valence-corrected chi connectivity index (χ2v) is 10.6. The van der Waals surface area contributed by atoms with Gasteiger partial charge in [0.1, 0.15) is 6.29 Å². The topological polar surface area (TPSA) is 86.7 Å². The molecule has 2 atom stereocenters. The summed E-state index contributed by atoms with van der Waals surface area (Å²) in [6.45, 7) is 0. The summed E-state index contributed by atoms with van der Waals surface area (Å²) in [6.07, 6.45) is -0.569. The van der Waals surface area contributed by atoms with Crippen LogP contribution in [0.15, 0.2) is 115 Å². The molecule has 0 saturated carbocycles. The van der Waals surface area contributed by atoms with Crippen molar-refractivity contribution in [3.63, 3.8) is 0 Å². The highest BCUT2D eigenvalue weighted by Gasteiger charge is 2.43. The van der Waals surface area contributed by atoms with Gasteiger partial charge in [-0.2, -0.15) is 0 Å². The second kappa shape index (κ2) is 11.7. The molecule has 1 aliphatic rings. The van der Waals surface area contributed by atoms with Crippen molar-refractivity contribution < 1.29 is 19.5 Å². The zero-order valence-corrected chi connectivity index (χ0v) is 22.0. The number of amides is 2. The van der Waals surface area contributed by atoms with Crippen molar-refractivity contribution >= 4 is 29.9 Å². The normalized spacial score (nSPS) is 15.8. The third-order valence-corrected chi connectivity index (χ3v) is 8.61. The quantitative estimate of drug-likeness (QED) is 0.171. The van der Waals surface area contributed by atoms with Crippen LogP contribution < -0.4 is 5.43 Å². The smallest absolute Gasteiger partial charge is 0.272 e. The summed E-state index contributed by atoms with van der Waals surface area (Å²) >= 11 is 1.71. The number of nitrogens with one attached hydrogen (secondary N) is 1. The minimum atomic E-state index is -1.51.